The van der Waals surface area contributed by atoms with Gasteiger partial charge < -0.3 is 4.57 Å². The van der Waals surface area contributed by atoms with Crippen molar-refractivity contribution in [2.45, 2.75) is 13.8 Å². The predicted octanol–water partition coefficient (Wildman–Crippen LogP) is 5.21. The lowest BCUT2D eigenvalue weighted by atomic mass is 10.2. The van der Waals surface area contributed by atoms with Crippen molar-refractivity contribution in [2.75, 3.05) is 5.43 Å². The summed E-state index contributed by atoms with van der Waals surface area (Å²) in [7, 11) is 0. The molecule has 0 aliphatic rings. The van der Waals surface area contributed by atoms with E-state index in [0.29, 0.717) is 5.69 Å². The third kappa shape index (κ3) is 3.83. The van der Waals surface area contributed by atoms with Crippen LogP contribution in [0.25, 0.3) is 5.69 Å². The Bertz CT molecular complexity index is 960. The number of anilines is 1. The van der Waals surface area contributed by atoms with Crippen LogP contribution in [0.5, 0.6) is 0 Å². The molecule has 1 aromatic heterocycles. The summed E-state index contributed by atoms with van der Waals surface area (Å²) in [5, 5.41) is 14.9. The number of nitrogens with zero attached hydrogens (tertiary/aromatic N) is 3. The zero-order chi connectivity index (χ0) is 18.7. The van der Waals surface area contributed by atoms with Gasteiger partial charge in [-0.3, -0.25) is 15.5 Å². The molecule has 0 saturated carbocycles. The Morgan fingerprint density at radius 2 is 1.77 bits per heavy atom. The number of aryl methyl sites for hydroxylation is 1. The van der Waals surface area contributed by atoms with Gasteiger partial charge in [-0.05, 0) is 56.3 Å². The molecule has 1 heterocycles. The van der Waals surface area contributed by atoms with Crippen LogP contribution >= 0.6 is 15.9 Å². The SMILES string of the molecule is Cc1cc(/C=N/Nc2ccc([N+](=O)[O-])cc2)c(C)n1-c1ccc(Br)cc1. The molecule has 7 heteroatoms. The molecular formula is C19H17BrN4O2. The number of hydrogen-bond acceptors (Lipinski definition) is 4. The standard InChI is InChI=1S/C19H17BrN4O2/c1-13-11-15(14(2)23(13)18-7-3-16(20)4-8-18)12-21-22-17-5-9-19(10-6-17)24(25)26/h3-12,22H,1-2H3/b21-12+. The molecule has 0 fully saturated rings. The highest BCUT2D eigenvalue weighted by Crippen LogP contribution is 2.21. The maximum absolute atomic E-state index is 10.7. The van der Waals surface area contributed by atoms with E-state index in [1.807, 2.05) is 19.1 Å². The summed E-state index contributed by atoms with van der Waals surface area (Å²) < 4.78 is 3.21. The molecular weight excluding hydrogens is 396 g/mol. The van der Waals surface area contributed by atoms with Crippen LogP contribution in [0, 0.1) is 24.0 Å². The van der Waals surface area contributed by atoms with Crippen LogP contribution in [0.2, 0.25) is 0 Å². The monoisotopic (exact) mass is 412 g/mol. The maximum Gasteiger partial charge on any atom is 0.269 e. The molecule has 3 rings (SSSR count). The zero-order valence-electron chi connectivity index (χ0n) is 14.3. The zero-order valence-corrected chi connectivity index (χ0v) is 15.9. The minimum absolute atomic E-state index is 0.0533. The van der Waals surface area contributed by atoms with Crippen molar-refractivity contribution in [3.05, 3.63) is 86.1 Å². The molecule has 2 aromatic carbocycles. The summed E-state index contributed by atoms with van der Waals surface area (Å²) in [6, 6.07) is 16.3. The van der Waals surface area contributed by atoms with Gasteiger partial charge in [0.1, 0.15) is 0 Å². The molecule has 0 amide bonds. The Morgan fingerprint density at radius 1 is 1.12 bits per heavy atom. The van der Waals surface area contributed by atoms with Crippen LogP contribution < -0.4 is 5.43 Å². The van der Waals surface area contributed by atoms with Gasteiger partial charge in [-0.25, -0.2) is 0 Å². The Hall–Kier alpha value is -2.93. The largest absolute Gasteiger partial charge is 0.318 e. The van der Waals surface area contributed by atoms with Gasteiger partial charge in [-0.1, -0.05) is 15.9 Å². The summed E-state index contributed by atoms with van der Waals surface area (Å²) in [5.74, 6) is 0. The number of rotatable bonds is 5. The molecule has 0 atom stereocenters. The quantitative estimate of drug-likeness (QED) is 0.355. The molecule has 0 unspecified atom stereocenters. The van der Waals surface area contributed by atoms with Gasteiger partial charge in [0.15, 0.2) is 0 Å². The van der Waals surface area contributed by atoms with Gasteiger partial charge in [0.25, 0.3) is 5.69 Å². The molecule has 26 heavy (non-hydrogen) atoms. The minimum Gasteiger partial charge on any atom is -0.318 e. The number of benzene rings is 2. The van der Waals surface area contributed by atoms with Crippen molar-refractivity contribution in [1.29, 1.82) is 0 Å². The van der Waals surface area contributed by atoms with E-state index in [9.17, 15) is 10.1 Å². The number of nitro benzene ring substituents is 1. The lowest BCUT2D eigenvalue weighted by Gasteiger charge is -2.09. The first-order valence-corrected chi connectivity index (χ1v) is 8.73. The fraction of sp³-hybridized carbons (Fsp3) is 0.105. The lowest BCUT2D eigenvalue weighted by molar-refractivity contribution is -0.384. The molecule has 0 aliphatic carbocycles. The van der Waals surface area contributed by atoms with Gasteiger partial charge in [0, 0.05) is 39.2 Å². The average molecular weight is 413 g/mol. The number of hydrazone groups is 1. The van der Waals surface area contributed by atoms with Crippen LogP contribution in [-0.4, -0.2) is 15.7 Å². The van der Waals surface area contributed by atoms with Crippen molar-refractivity contribution in [2.24, 2.45) is 5.10 Å². The maximum atomic E-state index is 10.7. The van der Waals surface area contributed by atoms with E-state index >= 15 is 0 Å². The van der Waals surface area contributed by atoms with Crippen molar-refractivity contribution in [1.82, 2.24) is 4.57 Å². The summed E-state index contributed by atoms with van der Waals surface area (Å²) in [5.41, 5.74) is 7.92. The van der Waals surface area contributed by atoms with Gasteiger partial charge in [0.2, 0.25) is 0 Å². The molecule has 0 saturated heterocycles. The number of hydrogen-bond donors (Lipinski definition) is 1. The number of nitrogens with one attached hydrogen (secondary N) is 1. The lowest BCUT2D eigenvalue weighted by Crippen LogP contribution is -1.99. The Kier molecular flexibility index (Phi) is 5.18. The highest BCUT2D eigenvalue weighted by atomic mass is 79.9. The van der Waals surface area contributed by atoms with Gasteiger partial charge >= 0.3 is 0 Å². The second kappa shape index (κ2) is 7.53. The molecule has 0 bridgehead atoms. The van der Waals surface area contributed by atoms with Gasteiger partial charge in [0.05, 0.1) is 16.8 Å². The van der Waals surface area contributed by atoms with Crippen LogP contribution in [0.1, 0.15) is 17.0 Å². The van der Waals surface area contributed by atoms with Crippen LogP contribution in [0.4, 0.5) is 11.4 Å². The second-order valence-electron chi connectivity index (χ2n) is 5.81. The van der Waals surface area contributed by atoms with E-state index in [-0.39, 0.29) is 5.69 Å². The third-order valence-corrected chi connectivity index (χ3v) is 4.56. The Labute approximate surface area is 159 Å². The molecule has 3 aromatic rings. The molecule has 132 valence electrons. The number of halogens is 1. The van der Waals surface area contributed by atoms with Crippen LogP contribution in [0.15, 0.2) is 64.2 Å². The van der Waals surface area contributed by atoms with Gasteiger partial charge in [-0.2, -0.15) is 5.10 Å². The predicted molar refractivity (Wildman–Crippen MR) is 107 cm³/mol. The smallest absolute Gasteiger partial charge is 0.269 e. The van der Waals surface area contributed by atoms with Crippen LogP contribution in [-0.2, 0) is 0 Å². The van der Waals surface area contributed by atoms with E-state index in [4.69, 9.17) is 0 Å². The fourth-order valence-electron chi connectivity index (χ4n) is 2.74. The normalized spacial score (nSPS) is 11.0. The third-order valence-electron chi connectivity index (χ3n) is 4.03. The minimum atomic E-state index is -0.427. The highest BCUT2D eigenvalue weighted by molar-refractivity contribution is 9.10. The molecule has 6 nitrogen and oxygen atoms in total. The number of non-ortho nitro benzene ring substituents is 1. The summed E-state index contributed by atoms with van der Waals surface area (Å²) >= 11 is 3.45. The Balaban J connectivity index is 1.78. The van der Waals surface area contributed by atoms with Crippen molar-refractivity contribution >= 4 is 33.5 Å². The van der Waals surface area contributed by atoms with E-state index in [2.05, 4.69) is 56.1 Å². The fourth-order valence-corrected chi connectivity index (χ4v) is 3.00. The summed E-state index contributed by atoms with van der Waals surface area (Å²) in [6.45, 7) is 4.10. The van der Waals surface area contributed by atoms with E-state index in [1.54, 1.807) is 18.3 Å². The number of aromatic nitrogens is 1. The first-order chi connectivity index (χ1) is 12.5. The first kappa shape index (κ1) is 17.9. The molecule has 1 N–H and O–H groups in total. The topological polar surface area (TPSA) is 72.5 Å². The van der Waals surface area contributed by atoms with Crippen molar-refractivity contribution < 1.29 is 4.92 Å². The van der Waals surface area contributed by atoms with Gasteiger partial charge in [-0.15, -0.1) is 0 Å². The molecule has 0 aliphatic heterocycles. The first-order valence-electron chi connectivity index (χ1n) is 7.94. The second-order valence-corrected chi connectivity index (χ2v) is 6.73. The summed E-state index contributed by atoms with van der Waals surface area (Å²) in [4.78, 5) is 10.2. The van der Waals surface area contributed by atoms with E-state index in [0.717, 1.165) is 27.1 Å². The average Bonchev–Trinajstić information content (AvgIpc) is 2.90. The molecule has 0 radical (unpaired) electrons. The van der Waals surface area contributed by atoms with Crippen LogP contribution in [0.3, 0.4) is 0 Å². The van der Waals surface area contributed by atoms with E-state index in [1.165, 1.54) is 12.1 Å². The highest BCUT2D eigenvalue weighted by Gasteiger charge is 2.09. The Morgan fingerprint density at radius 3 is 2.38 bits per heavy atom. The molecule has 0 spiro atoms. The van der Waals surface area contributed by atoms with Crippen molar-refractivity contribution in [3.8, 4) is 5.69 Å². The number of nitro groups is 1. The van der Waals surface area contributed by atoms with Crippen molar-refractivity contribution in [3.63, 3.8) is 0 Å². The summed E-state index contributed by atoms with van der Waals surface area (Å²) in [6.07, 6.45) is 1.75. The van der Waals surface area contributed by atoms with E-state index < -0.39 is 4.92 Å².